The summed E-state index contributed by atoms with van der Waals surface area (Å²) in [5.41, 5.74) is 3.64. The minimum Gasteiger partial charge on any atom is -0.340 e. The SMILES string of the molecule is [C-]#[N+]/C(C#N)=C\c1ccc2c(c1)c(=O)c1cc3c(cc1n2CC(CC)CCCC)c(=O)c1cc(/C=C(\C#N)[N+]#[C-])ccc1n3CC(CC)CCCC. The maximum absolute atomic E-state index is 14.6. The quantitative estimate of drug-likeness (QED) is 0.0658. The number of nitrogens with zero attached hydrogens (tertiary/aromatic N) is 6. The van der Waals surface area contributed by atoms with Gasteiger partial charge in [-0.2, -0.15) is 0 Å². The number of fused-ring (bicyclic) bond motifs is 4. The third-order valence-electron chi connectivity index (χ3n) is 10.3. The molecule has 8 heteroatoms. The third-order valence-corrected chi connectivity index (χ3v) is 10.3. The summed E-state index contributed by atoms with van der Waals surface area (Å²) < 4.78 is 4.36. The number of pyridine rings is 2. The Hall–Kier alpha value is -5.96. The number of allylic oxidation sites excluding steroid dienone is 2. The van der Waals surface area contributed by atoms with Gasteiger partial charge in [0.05, 0.1) is 47.3 Å². The van der Waals surface area contributed by atoms with Crippen molar-refractivity contribution < 1.29 is 0 Å². The first kappa shape index (κ1) is 37.3. The molecule has 0 amide bonds. The number of aromatic nitrogens is 2. The molecule has 0 aliphatic heterocycles. The first-order chi connectivity index (χ1) is 25.2. The number of hydrogen-bond acceptors (Lipinski definition) is 4. The number of rotatable bonds is 14. The van der Waals surface area contributed by atoms with E-state index in [1.165, 1.54) is 12.2 Å². The molecule has 2 atom stereocenters. The largest absolute Gasteiger partial charge is 0.340 e. The second-order valence-electron chi connectivity index (χ2n) is 13.7. The van der Waals surface area contributed by atoms with E-state index >= 15 is 0 Å². The zero-order valence-electron chi connectivity index (χ0n) is 30.5. The molecule has 5 rings (SSSR count). The molecule has 0 aliphatic rings. The van der Waals surface area contributed by atoms with E-state index in [-0.39, 0.29) is 22.3 Å². The van der Waals surface area contributed by atoms with Crippen LogP contribution in [0.5, 0.6) is 0 Å². The van der Waals surface area contributed by atoms with Gasteiger partial charge in [0.25, 0.3) is 11.4 Å². The molecule has 0 saturated heterocycles. The molecule has 2 unspecified atom stereocenters. The lowest BCUT2D eigenvalue weighted by Gasteiger charge is -2.24. The van der Waals surface area contributed by atoms with Crippen LogP contribution in [0.15, 0.2) is 69.5 Å². The topological polar surface area (TPSA) is 100 Å². The summed E-state index contributed by atoms with van der Waals surface area (Å²) in [6.07, 6.45) is 11.3. The standard InChI is InChI=1S/C44H44N6O2/c1-7-11-13-29(9-3)27-49-39-17-15-31(19-33(25-45)47-5)21-35(39)43(51)37-24-42-38(23-41(37)49)44(52)36-22-32(20-34(26-46)48-6)16-18-40(36)50(42)28-30(10-4)14-12-8-2/h15-24,29-30H,7-14,27-28H2,1-4H3/b33-19-,34-20+. The summed E-state index contributed by atoms with van der Waals surface area (Å²) in [4.78, 5) is 35.8. The Balaban J connectivity index is 1.93. The maximum atomic E-state index is 14.6. The first-order valence-electron chi connectivity index (χ1n) is 18.3. The Kier molecular flexibility index (Phi) is 12.1. The predicted octanol–water partition coefficient (Wildman–Crippen LogP) is 10.6. The van der Waals surface area contributed by atoms with E-state index in [0.29, 0.717) is 68.6 Å². The Bertz CT molecular complexity index is 2320. The summed E-state index contributed by atoms with van der Waals surface area (Å²) in [6, 6.07) is 18.6. The Morgan fingerprint density at radius 3 is 1.37 bits per heavy atom. The van der Waals surface area contributed by atoms with Crippen molar-refractivity contribution in [3.8, 4) is 12.1 Å². The van der Waals surface area contributed by atoms with Crippen LogP contribution in [0.1, 0.15) is 90.2 Å². The van der Waals surface area contributed by atoms with Crippen LogP contribution in [-0.2, 0) is 13.1 Å². The van der Waals surface area contributed by atoms with E-state index in [1.54, 1.807) is 12.1 Å². The van der Waals surface area contributed by atoms with Crippen LogP contribution < -0.4 is 10.9 Å². The average molecular weight is 689 g/mol. The fourth-order valence-electron chi connectivity index (χ4n) is 7.30. The van der Waals surface area contributed by atoms with Crippen LogP contribution in [0.2, 0.25) is 0 Å². The van der Waals surface area contributed by atoms with Gasteiger partial charge in [0.15, 0.2) is 10.9 Å². The molecule has 0 aliphatic carbocycles. The van der Waals surface area contributed by atoms with Crippen molar-refractivity contribution in [3.63, 3.8) is 0 Å². The molecule has 8 nitrogen and oxygen atoms in total. The molecule has 5 aromatic rings. The monoisotopic (exact) mass is 688 g/mol. The number of nitriles is 2. The van der Waals surface area contributed by atoms with Crippen LogP contribution in [0.3, 0.4) is 0 Å². The smallest absolute Gasteiger partial charge is 0.262 e. The van der Waals surface area contributed by atoms with Gasteiger partial charge in [-0.05, 0) is 84.4 Å². The highest BCUT2D eigenvalue weighted by Crippen LogP contribution is 2.31. The van der Waals surface area contributed by atoms with Crippen molar-refractivity contribution >= 4 is 55.8 Å². The molecule has 0 spiro atoms. The summed E-state index contributed by atoms with van der Waals surface area (Å²) in [7, 11) is 0. The summed E-state index contributed by atoms with van der Waals surface area (Å²) >= 11 is 0. The fraction of sp³-hybridized carbons (Fsp3) is 0.364. The Morgan fingerprint density at radius 1 is 0.654 bits per heavy atom. The van der Waals surface area contributed by atoms with Crippen molar-refractivity contribution in [2.45, 2.75) is 92.2 Å². The molecular weight excluding hydrogens is 645 g/mol. The molecule has 52 heavy (non-hydrogen) atoms. The lowest BCUT2D eigenvalue weighted by Crippen LogP contribution is -2.19. The minimum atomic E-state index is -0.165. The Labute approximate surface area is 305 Å². The van der Waals surface area contributed by atoms with E-state index in [9.17, 15) is 20.1 Å². The summed E-state index contributed by atoms with van der Waals surface area (Å²) in [5.74, 6) is 0.694. The van der Waals surface area contributed by atoms with Gasteiger partial charge in [0, 0.05) is 34.6 Å². The minimum absolute atomic E-state index is 0.0573. The van der Waals surface area contributed by atoms with Gasteiger partial charge < -0.3 is 9.13 Å². The van der Waals surface area contributed by atoms with Gasteiger partial charge >= 0.3 is 0 Å². The van der Waals surface area contributed by atoms with Gasteiger partial charge in [-0.3, -0.25) is 9.59 Å². The van der Waals surface area contributed by atoms with Crippen LogP contribution in [0.25, 0.3) is 65.5 Å². The van der Waals surface area contributed by atoms with Crippen molar-refractivity contribution in [2.75, 3.05) is 0 Å². The molecule has 2 heterocycles. The van der Waals surface area contributed by atoms with Crippen molar-refractivity contribution in [3.05, 3.63) is 114 Å². The van der Waals surface area contributed by atoms with Crippen LogP contribution >= 0.6 is 0 Å². The molecule has 0 N–H and O–H groups in total. The van der Waals surface area contributed by atoms with E-state index in [2.05, 4.69) is 46.5 Å². The second kappa shape index (κ2) is 16.8. The summed E-state index contributed by atoms with van der Waals surface area (Å²) in [5, 5.41) is 20.9. The molecule has 0 saturated carbocycles. The van der Waals surface area contributed by atoms with E-state index < -0.39 is 0 Å². The molecule has 0 fully saturated rings. The Morgan fingerprint density at radius 2 is 1.04 bits per heavy atom. The lowest BCUT2D eigenvalue weighted by atomic mass is 9.96. The fourth-order valence-corrected chi connectivity index (χ4v) is 7.30. The average Bonchev–Trinajstić information content (AvgIpc) is 3.18. The second-order valence-corrected chi connectivity index (χ2v) is 13.7. The number of unbranched alkanes of at least 4 members (excludes halogenated alkanes) is 2. The maximum Gasteiger partial charge on any atom is 0.262 e. The third kappa shape index (κ3) is 7.54. The van der Waals surface area contributed by atoms with Gasteiger partial charge in [0.2, 0.25) is 0 Å². The normalized spacial score (nSPS) is 13.2. The van der Waals surface area contributed by atoms with Crippen LogP contribution in [0.4, 0.5) is 0 Å². The van der Waals surface area contributed by atoms with Crippen molar-refractivity contribution in [1.82, 2.24) is 9.13 Å². The molecular formula is C44H44N6O2. The van der Waals surface area contributed by atoms with E-state index in [0.717, 1.165) is 62.4 Å². The molecule has 2 aromatic heterocycles. The van der Waals surface area contributed by atoms with Crippen molar-refractivity contribution in [2.24, 2.45) is 11.8 Å². The number of benzene rings is 3. The van der Waals surface area contributed by atoms with Crippen LogP contribution in [-0.4, -0.2) is 9.13 Å². The van der Waals surface area contributed by atoms with E-state index in [1.807, 2.05) is 48.5 Å². The van der Waals surface area contributed by atoms with Gasteiger partial charge in [-0.15, -0.1) is 0 Å². The lowest BCUT2D eigenvalue weighted by molar-refractivity contribution is 0.400. The van der Waals surface area contributed by atoms with E-state index in [4.69, 9.17) is 13.1 Å². The number of hydrogen-bond donors (Lipinski definition) is 0. The molecule has 0 bridgehead atoms. The van der Waals surface area contributed by atoms with Gasteiger partial charge in [-0.25, -0.2) is 20.2 Å². The highest BCUT2D eigenvalue weighted by atomic mass is 16.1. The highest BCUT2D eigenvalue weighted by molar-refractivity contribution is 6.04. The molecule has 0 radical (unpaired) electrons. The molecule has 262 valence electrons. The zero-order chi connectivity index (χ0) is 37.4. The van der Waals surface area contributed by atoms with Gasteiger partial charge in [0.1, 0.15) is 0 Å². The summed E-state index contributed by atoms with van der Waals surface area (Å²) in [6.45, 7) is 24.8. The first-order valence-corrected chi connectivity index (χ1v) is 18.3. The zero-order valence-corrected chi connectivity index (χ0v) is 30.5. The van der Waals surface area contributed by atoms with Crippen LogP contribution in [0, 0.1) is 47.6 Å². The van der Waals surface area contributed by atoms with Gasteiger partial charge in [-0.1, -0.05) is 78.4 Å². The highest BCUT2D eigenvalue weighted by Gasteiger charge is 2.20. The predicted molar refractivity (Wildman–Crippen MR) is 212 cm³/mol. The molecule has 3 aromatic carbocycles. The van der Waals surface area contributed by atoms with Crippen molar-refractivity contribution in [1.29, 1.82) is 10.5 Å².